The third-order valence-electron chi connectivity index (χ3n) is 3.10. The third kappa shape index (κ3) is 2.09. The molecule has 0 aliphatic rings. The number of nitrogens with zero attached hydrogens (tertiary/aromatic N) is 1. The number of hydrogen-bond donors (Lipinski definition) is 2. The van der Waals surface area contributed by atoms with Crippen LogP contribution in [0.2, 0.25) is 5.02 Å². The number of halogens is 1. The number of aromatic nitrogens is 1. The highest BCUT2D eigenvalue weighted by atomic mass is 35.5. The molecule has 0 spiro atoms. The lowest BCUT2D eigenvalue weighted by Gasteiger charge is -2.00. The lowest BCUT2D eigenvalue weighted by molar-refractivity contribution is 0.104. The van der Waals surface area contributed by atoms with Crippen LogP contribution >= 0.6 is 22.9 Å². The van der Waals surface area contributed by atoms with Crippen molar-refractivity contribution in [2.45, 2.75) is 0 Å². The number of hydrogen-bond acceptors (Lipinski definition) is 4. The second-order valence-corrected chi connectivity index (χ2v) is 5.72. The lowest BCUT2D eigenvalue weighted by Crippen LogP contribution is -2.18. The van der Waals surface area contributed by atoms with Gasteiger partial charge in [-0.3, -0.25) is 4.79 Å². The summed E-state index contributed by atoms with van der Waals surface area (Å²) in [6.45, 7) is 0. The molecular formula is C14H9ClN2O3S. The van der Waals surface area contributed by atoms with Crippen LogP contribution < -0.4 is 5.73 Å². The first kappa shape index (κ1) is 13.7. The average Bonchev–Trinajstić information content (AvgIpc) is 3.02. The zero-order chi connectivity index (χ0) is 15.1. The highest BCUT2D eigenvalue weighted by Crippen LogP contribution is 2.34. The van der Waals surface area contributed by atoms with Crippen LogP contribution in [0.25, 0.3) is 10.9 Å². The summed E-state index contributed by atoms with van der Waals surface area (Å²) in [4.78, 5) is 24.5. The molecule has 0 saturated carbocycles. The number of ketones is 1. The largest absolute Gasteiger partial charge is 0.494 e. The Labute approximate surface area is 128 Å². The predicted molar refractivity (Wildman–Crippen MR) is 81.3 cm³/mol. The van der Waals surface area contributed by atoms with Gasteiger partial charge in [-0.15, -0.1) is 11.3 Å². The standard InChI is InChI=1S/C14H9ClN2O3S/c15-7-3-4-8-9(6-7)17(14(16)20)13(19)11(8)12(18)10-2-1-5-21-10/h1-6,19H,(H2,16,20). The predicted octanol–water partition coefficient (Wildman–Crippen LogP) is 3.22. The van der Waals surface area contributed by atoms with Crippen molar-refractivity contribution in [2.24, 2.45) is 5.73 Å². The van der Waals surface area contributed by atoms with Gasteiger partial charge in [-0.05, 0) is 23.6 Å². The van der Waals surface area contributed by atoms with E-state index in [9.17, 15) is 14.7 Å². The maximum atomic E-state index is 12.5. The van der Waals surface area contributed by atoms with Gasteiger partial charge >= 0.3 is 6.03 Å². The lowest BCUT2D eigenvalue weighted by atomic mass is 10.1. The Morgan fingerprint density at radius 3 is 2.67 bits per heavy atom. The molecule has 7 heteroatoms. The van der Waals surface area contributed by atoms with Gasteiger partial charge in [0.1, 0.15) is 0 Å². The minimum atomic E-state index is -0.884. The number of rotatable bonds is 2. The summed E-state index contributed by atoms with van der Waals surface area (Å²) in [5.74, 6) is -0.840. The zero-order valence-corrected chi connectivity index (χ0v) is 12.1. The van der Waals surface area contributed by atoms with Gasteiger partial charge < -0.3 is 10.8 Å². The molecule has 0 bridgehead atoms. The van der Waals surface area contributed by atoms with E-state index in [2.05, 4.69) is 0 Å². The van der Waals surface area contributed by atoms with Gasteiger partial charge in [0.05, 0.1) is 16.0 Å². The fraction of sp³-hybridized carbons (Fsp3) is 0. The Kier molecular flexibility index (Phi) is 3.19. The Hall–Kier alpha value is -2.31. The van der Waals surface area contributed by atoms with Crippen LogP contribution in [0.15, 0.2) is 35.7 Å². The number of carbonyl (C=O) groups excluding carboxylic acids is 2. The van der Waals surface area contributed by atoms with Gasteiger partial charge in [-0.2, -0.15) is 0 Å². The Balaban J connectivity index is 2.35. The maximum absolute atomic E-state index is 12.5. The minimum Gasteiger partial charge on any atom is -0.494 e. The average molecular weight is 321 g/mol. The van der Waals surface area contributed by atoms with E-state index >= 15 is 0 Å². The quantitative estimate of drug-likeness (QED) is 0.711. The van der Waals surface area contributed by atoms with E-state index in [0.717, 1.165) is 4.57 Å². The molecule has 3 rings (SSSR count). The third-order valence-corrected chi connectivity index (χ3v) is 4.20. The first-order valence-electron chi connectivity index (χ1n) is 5.91. The van der Waals surface area contributed by atoms with Crippen LogP contribution in [0.3, 0.4) is 0 Å². The van der Waals surface area contributed by atoms with Gasteiger partial charge in [0.25, 0.3) is 0 Å². The molecule has 106 valence electrons. The molecule has 3 aromatic rings. The van der Waals surface area contributed by atoms with Crippen LogP contribution in [-0.4, -0.2) is 21.5 Å². The molecule has 5 nitrogen and oxygen atoms in total. The summed E-state index contributed by atoms with van der Waals surface area (Å²) in [6, 6.07) is 7.14. The number of amides is 1. The summed E-state index contributed by atoms with van der Waals surface area (Å²) >= 11 is 7.16. The second kappa shape index (κ2) is 4.91. The molecule has 21 heavy (non-hydrogen) atoms. The van der Waals surface area contributed by atoms with Gasteiger partial charge in [-0.1, -0.05) is 23.7 Å². The molecule has 0 atom stereocenters. The summed E-state index contributed by atoms with van der Waals surface area (Å²) in [5, 5.41) is 12.8. The molecule has 1 amide bonds. The Bertz CT molecular complexity index is 868. The molecule has 3 N–H and O–H groups in total. The summed E-state index contributed by atoms with van der Waals surface area (Å²) in [7, 11) is 0. The van der Waals surface area contributed by atoms with E-state index in [4.69, 9.17) is 17.3 Å². The molecule has 0 radical (unpaired) electrons. The van der Waals surface area contributed by atoms with Crippen molar-refractivity contribution in [3.8, 4) is 5.88 Å². The van der Waals surface area contributed by atoms with Crippen LogP contribution in [0, 0.1) is 0 Å². The van der Waals surface area contributed by atoms with E-state index in [1.165, 1.54) is 17.4 Å². The zero-order valence-electron chi connectivity index (χ0n) is 10.5. The fourth-order valence-electron chi connectivity index (χ4n) is 2.23. The molecule has 2 aromatic heterocycles. The van der Waals surface area contributed by atoms with Crippen molar-refractivity contribution in [3.05, 3.63) is 51.2 Å². The van der Waals surface area contributed by atoms with E-state index in [1.807, 2.05) is 0 Å². The van der Waals surface area contributed by atoms with Crippen molar-refractivity contribution in [3.63, 3.8) is 0 Å². The number of nitrogens with two attached hydrogens (primary N) is 1. The molecule has 0 saturated heterocycles. The highest BCUT2D eigenvalue weighted by molar-refractivity contribution is 7.12. The fourth-order valence-corrected chi connectivity index (χ4v) is 3.06. The molecule has 0 fully saturated rings. The van der Waals surface area contributed by atoms with E-state index < -0.39 is 11.9 Å². The summed E-state index contributed by atoms with van der Waals surface area (Å²) in [5.41, 5.74) is 5.62. The summed E-state index contributed by atoms with van der Waals surface area (Å²) < 4.78 is 0.877. The first-order chi connectivity index (χ1) is 10.0. The Morgan fingerprint density at radius 2 is 2.05 bits per heavy atom. The van der Waals surface area contributed by atoms with Crippen molar-refractivity contribution >= 4 is 45.7 Å². The minimum absolute atomic E-state index is 0.0444. The molecular weight excluding hydrogens is 312 g/mol. The van der Waals surface area contributed by atoms with Gasteiger partial charge in [0.2, 0.25) is 11.7 Å². The second-order valence-electron chi connectivity index (χ2n) is 4.34. The number of aromatic hydroxyl groups is 1. The number of carbonyl (C=O) groups is 2. The molecule has 0 aliphatic carbocycles. The van der Waals surface area contributed by atoms with Gasteiger partial charge in [-0.25, -0.2) is 9.36 Å². The van der Waals surface area contributed by atoms with Gasteiger partial charge in [0, 0.05) is 10.4 Å². The molecule has 0 aliphatic heterocycles. The first-order valence-corrected chi connectivity index (χ1v) is 7.17. The van der Waals surface area contributed by atoms with Crippen LogP contribution in [0.1, 0.15) is 15.2 Å². The number of primary amides is 1. The highest BCUT2D eigenvalue weighted by Gasteiger charge is 2.26. The number of fused-ring (bicyclic) bond motifs is 1. The van der Waals surface area contributed by atoms with Crippen molar-refractivity contribution < 1.29 is 14.7 Å². The van der Waals surface area contributed by atoms with Crippen molar-refractivity contribution in [1.82, 2.24) is 4.57 Å². The topological polar surface area (TPSA) is 85.3 Å². The summed E-state index contributed by atoms with van der Waals surface area (Å²) in [6.07, 6.45) is 0. The molecule has 1 aromatic carbocycles. The SMILES string of the molecule is NC(=O)n1c(O)c(C(=O)c2cccs2)c2ccc(Cl)cc21. The van der Waals surface area contributed by atoms with Crippen LogP contribution in [-0.2, 0) is 0 Å². The maximum Gasteiger partial charge on any atom is 0.326 e. The van der Waals surface area contributed by atoms with E-state index in [1.54, 1.807) is 29.6 Å². The van der Waals surface area contributed by atoms with Crippen molar-refractivity contribution in [2.75, 3.05) is 0 Å². The smallest absolute Gasteiger partial charge is 0.326 e. The van der Waals surface area contributed by atoms with Crippen molar-refractivity contribution in [1.29, 1.82) is 0 Å². The molecule has 0 unspecified atom stereocenters. The normalized spacial score (nSPS) is 10.9. The van der Waals surface area contributed by atoms with E-state index in [-0.39, 0.29) is 11.3 Å². The molecule has 2 heterocycles. The van der Waals surface area contributed by atoms with Gasteiger partial charge in [0.15, 0.2) is 0 Å². The van der Waals surface area contributed by atoms with Crippen LogP contribution in [0.4, 0.5) is 4.79 Å². The van der Waals surface area contributed by atoms with Crippen LogP contribution in [0.5, 0.6) is 5.88 Å². The number of thiophene rings is 1. The monoisotopic (exact) mass is 320 g/mol. The number of benzene rings is 1. The van der Waals surface area contributed by atoms with E-state index in [0.29, 0.717) is 20.8 Å². The Morgan fingerprint density at radius 1 is 1.29 bits per heavy atom.